The summed E-state index contributed by atoms with van der Waals surface area (Å²) < 4.78 is 5.42. The highest BCUT2D eigenvalue weighted by atomic mass is 35.5. The molecule has 1 aliphatic rings. The Balaban J connectivity index is 1.84. The summed E-state index contributed by atoms with van der Waals surface area (Å²) in [6.07, 6.45) is 3.19. The lowest BCUT2D eigenvalue weighted by atomic mass is 10.1. The molecule has 0 aliphatic heterocycles. The number of methoxy groups -OCH3 is 1. The molecule has 3 atom stereocenters. The molecule has 3 unspecified atom stereocenters. The first-order valence-corrected chi connectivity index (χ1v) is 6.78. The summed E-state index contributed by atoms with van der Waals surface area (Å²) in [6, 6.07) is 7.67. The van der Waals surface area contributed by atoms with E-state index in [-0.39, 0.29) is 6.10 Å². The maximum absolute atomic E-state index is 10.1. The second-order valence-corrected chi connectivity index (χ2v) is 5.22. The van der Waals surface area contributed by atoms with Gasteiger partial charge in [-0.05, 0) is 37.0 Å². The summed E-state index contributed by atoms with van der Waals surface area (Å²) >= 11 is 5.82. The van der Waals surface area contributed by atoms with Crippen molar-refractivity contribution in [3.63, 3.8) is 0 Å². The van der Waals surface area contributed by atoms with Gasteiger partial charge in [0.1, 0.15) is 0 Å². The Labute approximate surface area is 113 Å². The number of hydrogen-bond acceptors (Lipinski definition) is 3. The molecule has 1 aromatic carbocycles. The molecule has 0 amide bonds. The van der Waals surface area contributed by atoms with Gasteiger partial charge in [-0.15, -0.1) is 0 Å². The van der Waals surface area contributed by atoms with Crippen LogP contribution in [0.15, 0.2) is 24.3 Å². The minimum absolute atomic E-state index is 0.280. The molecule has 100 valence electrons. The summed E-state index contributed by atoms with van der Waals surface area (Å²) in [5.41, 5.74) is 0.888. The maximum atomic E-state index is 10.1. The summed E-state index contributed by atoms with van der Waals surface area (Å²) in [6.45, 7) is 0.548. The Kier molecular flexibility index (Phi) is 5.01. The molecule has 0 aromatic heterocycles. The highest BCUT2D eigenvalue weighted by Crippen LogP contribution is 2.22. The first kappa shape index (κ1) is 13.8. The minimum atomic E-state index is -0.500. The van der Waals surface area contributed by atoms with Crippen molar-refractivity contribution in [2.24, 2.45) is 0 Å². The van der Waals surface area contributed by atoms with Gasteiger partial charge in [0.25, 0.3) is 0 Å². The van der Waals surface area contributed by atoms with E-state index in [9.17, 15) is 5.11 Å². The fourth-order valence-electron chi connectivity index (χ4n) is 2.51. The van der Waals surface area contributed by atoms with Crippen molar-refractivity contribution in [3.8, 4) is 0 Å². The molecule has 0 heterocycles. The molecule has 3 nitrogen and oxygen atoms in total. The van der Waals surface area contributed by atoms with Crippen molar-refractivity contribution in [1.82, 2.24) is 5.32 Å². The largest absolute Gasteiger partial charge is 0.387 e. The van der Waals surface area contributed by atoms with E-state index in [0.29, 0.717) is 17.6 Å². The van der Waals surface area contributed by atoms with E-state index in [0.717, 1.165) is 18.4 Å². The van der Waals surface area contributed by atoms with Gasteiger partial charge in [-0.2, -0.15) is 0 Å². The van der Waals surface area contributed by atoms with Crippen LogP contribution in [0.25, 0.3) is 0 Å². The molecule has 1 aromatic rings. The molecule has 1 saturated carbocycles. The summed E-state index contributed by atoms with van der Waals surface area (Å²) in [4.78, 5) is 0. The highest BCUT2D eigenvalue weighted by Gasteiger charge is 2.27. The van der Waals surface area contributed by atoms with Crippen molar-refractivity contribution in [3.05, 3.63) is 34.9 Å². The van der Waals surface area contributed by atoms with Crippen LogP contribution in [0.5, 0.6) is 0 Å². The van der Waals surface area contributed by atoms with Crippen molar-refractivity contribution in [2.45, 2.75) is 37.5 Å². The SMILES string of the molecule is COC1CCCC1NCC(O)c1ccc(Cl)cc1. The third-order valence-electron chi connectivity index (χ3n) is 3.58. The predicted octanol–water partition coefficient (Wildman–Crippen LogP) is 2.53. The molecule has 2 N–H and O–H groups in total. The van der Waals surface area contributed by atoms with Gasteiger partial charge in [0.05, 0.1) is 12.2 Å². The van der Waals surface area contributed by atoms with E-state index in [1.165, 1.54) is 6.42 Å². The van der Waals surface area contributed by atoms with Crippen LogP contribution in [0.4, 0.5) is 0 Å². The fourth-order valence-corrected chi connectivity index (χ4v) is 2.63. The van der Waals surface area contributed by atoms with Crippen LogP contribution >= 0.6 is 11.6 Å². The van der Waals surface area contributed by atoms with Gasteiger partial charge in [-0.3, -0.25) is 0 Å². The van der Waals surface area contributed by atoms with Crippen molar-refractivity contribution < 1.29 is 9.84 Å². The summed E-state index contributed by atoms with van der Waals surface area (Å²) in [5, 5.41) is 14.2. The molecular formula is C14H20ClNO2. The van der Waals surface area contributed by atoms with Gasteiger partial charge in [0, 0.05) is 24.7 Å². The monoisotopic (exact) mass is 269 g/mol. The molecule has 0 spiro atoms. The highest BCUT2D eigenvalue weighted by molar-refractivity contribution is 6.30. The smallest absolute Gasteiger partial charge is 0.0914 e. The second-order valence-electron chi connectivity index (χ2n) is 4.79. The zero-order chi connectivity index (χ0) is 13.0. The number of hydrogen-bond donors (Lipinski definition) is 2. The van der Waals surface area contributed by atoms with Gasteiger partial charge < -0.3 is 15.2 Å². The third kappa shape index (κ3) is 3.45. The van der Waals surface area contributed by atoms with Crippen LogP contribution in [0, 0.1) is 0 Å². The van der Waals surface area contributed by atoms with E-state index in [2.05, 4.69) is 5.32 Å². The maximum Gasteiger partial charge on any atom is 0.0914 e. The standard InChI is InChI=1S/C14H20ClNO2/c1-18-14-4-2-3-12(14)16-9-13(17)10-5-7-11(15)8-6-10/h5-8,12-14,16-17H,2-4,9H2,1H3. The number of halogens is 1. The Morgan fingerprint density at radius 1 is 1.39 bits per heavy atom. The zero-order valence-corrected chi connectivity index (χ0v) is 11.4. The summed E-state index contributed by atoms with van der Waals surface area (Å²) in [7, 11) is 1.75. The summed E-state index contributed by atoms with van der Waals surface area (Å²) in [5.74, 6) is 0. The van der Waals surface area contributed by atoms with E-state index in [1.54, 1.807) is 19.2 Å². The first-order chi connectivity index (χ1) is 8.70. The number of aliphatic hydroxyl groups is 1. The molecule has 2 rings (SSSR count). The number of ether oxygens (including phenoxy) is 1. The van der Waals surface area contributed by atoms with Crippen LogP contribution in [0.1, 0.15) is 30.9 Å². The number of benzene rings is 1. The molecule has 0 radical (unpaired) electrons. The van der Waals surface area contributed by atoms with Crippen molar-refractivity contribution in [2.75, 3.05) is 13.7 Å². The number of aliphatic hydroxyl groups excluding tert-OH is 1. The average molecular weight is 270 g/mol. The van der Waals surface area contributed by atoms with E-state index in [4.69, 9.17) is 16.3 Å². The minimum Gasteiger partial charge on any atom is -0.387 e. The number of rotatable bonds is 5. The molecular weight excluding hydrogens is 250 g/mol. The molecule has 18 heavy (non-hydrogen) atoms. The van der Waals surface area contributed by atoms with Crippen LogP contribution in [0.2, 0.25) is 5.02 Å². The van der Waals surface area contributed by atoms with Crippen LogP contribution in [-0.2, 0) is 4.74 Å². The van der Waals surface area contributed by atoms with Crippen LogP contribution < -0.4 is 5.32 Å². The molecule has 1 aliphatic carbocycles. The van der Waals surface area contributed by atoms with Gasteiger partial charge in [-0.1, -0.05) is 23.7 Å². The number of nitrogens with one attached hydrogen (secondary N) is 1. The van der Waals surface area contributed by atoms with Crippen molar-refractivity contribution >= 4 is 11.6 Å². The first-order valence-electron chi connectivity index (χ1n) is 6.40. The van der Waals surface area contributed by atoms with Gasteiger partial charge in [0.2, 0.25) is 0 Å². The second kappa shape index (κ2) is 6.53. The lowest BCUT2D eigenvalue weighted by Gasteiger charge is -2.21. The average Bonchev–Trinajstić information content (AvgIpc) is 2.84. The lowest BCUT2D eigenvalue weighted by Crippen LogP contribution is -2.39. The topological polar surface area (TPSA) is 41.5 Å². The molecule has 0 saturated heterocycles. The lowest BCUT2D eigenvalue weighted by molar-refractivity contribution is 0.0780. The van der Waals surface area contributed by atoms with Crippen molar-refractivity contribution in [1.29, 1.82) is 0 Å². The Hall–Kier alpha value is -0.610. The quantitative estimate of drug-likeness (QED) is 0.863. The Bertz CT molecular complexity index is 369. The Morgan fingerprint density at radius 3 is 2.78 bits per heavy atom. The third-order valence-corrected chi connectivity index (χ3v) is 3.84. The predicted molar refractivity (Wildman–Crippen MR) is 72.9 cm³/mol. The molecule has 4 heteroatoms. The van der Waals surface area contributed by atoms with E-state index < -0.39 is 6.10 Å². The van der Waals surface area contributed by atoms with Gasteiger partial charge in [-0.25, -0.2) is 0 Å². The molecule has 1 fully saturated rings. The van der Waals surface area contributed by atoms with Gasteiger partial charge in [0.15, 0.2) is 0 Å². The molecule has 0 bridgehead atoms. The van der Waals surface area contributed by atoms with E-state index >= 15 is 0 Å². The van der Waals surface area contributed by atoms with Gasteiger partial charge >= 0.3 is 0 Å². The zero-order valence-electron chi connectivity index (χ0n) is 10.6. The van der Waals surface area contributed by atoms with Crippen LogP contribution in [-0.4, -0.2) is 30.9 Å². The fraction of sp³-hybridized carbons (Fsp3) is 0.571. The normalized spacial score (nSPS) is 25.3. The van der Waals surface area contributed by atoms with Crippen LogP contribution in [0.3, 0.4) is 0 Å². The van der Waals surface area contributed by atoms with E-state index in [1.807, 2.05) is 12.1 Å². The Morgan fingerprint density at radius 2 is 2.11 bits per heavy atom.